The van der Waals surface area contributed by atoms with Gasteiger partial charge in [0.2, 0.25) is 0 Å². The first kappa shape index (κ1) is 23.3. The van der Waals surface area contributed by atoms with Crippen LogP contribution in [0.25, 0.3) is 0 Å². The molecule has 0 radical (unpaired) electrons. The lowest BCUT2D eigenvalue weighted by molar-refractivity contribution is 0.162. The van der Waals surface area contributed by atoms with Crippen molar-refractivity contribution in [3.8, 4) is 0 Å². The third-order valence-corrected chi connectivity index (χ3v) is 10.3. The van der Waals surface area contributed by atoms with E-state index in [1.807, 2.05) is 54.6 Å². The van der Waals surface area contributed by atoms with Crippen LogP contribution in [0.5, 0.6) is 0 Å². The number of hydrogen-bond donors (Lipinski definition) is 1. The average Bonchev–Trinajstić information content (AvgIpc) is 2.70. The van der Waals surface area contributed by atoms with Crippen LogP contribution in [0.3, 0.4) is 0 Å². The minimum absolute atomic E-state index is 0.0910. The van der Waals surface area contributed by atoms with Crippen molar-refractivity contribution in [1.29, 1.82) is 0 Å². The van der Waals surface area contributed by atoms with Gasteiger partial charge in [0.15, 0.2) is 8.32 Å². The van der Waals surface area contributed by atoms with Crippen molar-refractivity contribution < 1.29 is 9.53 Å². The van der Waals surface area contributed by atoms with Crippen LogP contribution >= 0.6 is 0 Å². The molecule has 0 heterocycles. The van der Waals surface area contributed by atoms with Gasteiger partial charge in [0.1, 0.15) is 0 Å². The maximum Gasteiger partial charge on any atom is 0.191 e. The summed E-state index contributed by atoms with van der Waals surface area (Å²) in [7, 11) is -1.67. The fraction of sp³-hybridized carbons (Fsp3) is 0.385. The Kier molecular flexibility index (Phi) is 8.63. The van der Waals surface area contributed by atoms with Crippen molar-refractivity contribution in [2.24, 2.45) is 0 Å². The first-order valence-electron chi connectivity index (χ1n) is 10.5. The number of hydrogen-bond acceptors (Lipinski definition) is 2. The minimum Gasteiger partial charge on any atom is -0.417 e. The summed E-state index contributed by atoms with van der Waals surface area (Å²) in [6, 6.07) is 20.0. The fourth-order valence-corrected chi connectivity index (χ4v) is 3.95. The van der Waals surface area contributed by atoms with E-state index in [9.17, 15) is 5.11 Å². The van der Waals surface area contributed by atoms with Gasteiger partial charge < -0.3 is 9.53 Å². The van der Waals surface area contributed by atoms with E-state index in [0.29, 0.717) is 0 Å². The number of aliphatic hydroxyl groups excluding tert-OH is 1. The highest BCUT2D eigenvalue weighted by molar-refractivity contribution is 6.74. The van der Waals surface area contributed by atoms with Crippen LogP contribution in [-0.4, -0.2) is 20.0 Å². The quantitative estimate of drug-likeness (QED) is 0.274. The second-order valence-electron chi connectivity index (χ2n) is 9.00. The molecule has 156 valence electrons. The topological polar surface area (TPSA) is 29.5 Å². The van der Waals surface area contributed by atoms with E-state index >= 15 is 0 Å². The fourth-order valence-electron chi connectivity index (χ4n) is 2.89. The zero-order valence-corrected chi connectivity index (χ0v) is 19.5. The predicted octanol–water partition coefficient (Wildman–Crippen LogP) is 7.03. The van der Waals surface area contributed by atoms with Gasteiger partial charge in [0, 0.05) is 12.5 Å². The van der Waals surface area contributed by atoms with E-state index in [2.05, 4.69) is 64.2 Å². The van der Waals surface area contributed by atoms with Crippen LogP contribution in [0, 0.1) is 0 Å². The smallest absolute Gasteiger partial charge is 0.191 e. The first-order chi connectivity index (χ1) is 13.7. The summed E-state index contributed by atoms with van der Waals surface area (Å²) in [4.78, 5) is 0. The molecule has 1 N–H and O–H groups in total. The molecule has 0 bridgehead atoms. The van der Waals surface area contributed by atoms with Crippen LogP contribution in [0.15, 0.2) is 85.0 Å². The molecule has 0 saturated heterocycles. The van der Waals surface area contributed by atoms with Crippen LogP contribution < -0.4 is 0 Å². The molecule has 0 aliphatic heterocycles. The van der Waals surface area contributed by atoms with Crippen molar-refractivity contribution in [3.05, 3.63) is 96.1 Å². The zero-order chi connectivity index (χ0) is 21.3. The van der Waals surface area contributed by atoms with Crippen molar-refractivity contribution in [2.75, 3.05) is 6.61 Å². The van der Waals surface area contributed by atoms with E-state index in [1.54, 1.807) is 0 Å². The molecular weight excluding hydrogens is 372 g/mol. The molecule has 0 aliphatic carbocycles. The average molecular weight is 409 g/mol. The Morgan fingerprint density at radius 2 is 1.45 bits per heavy atom. The highest BCUT2D eigenvalue weighted by atomic mass is 28.4. The largest absolute Gasteiger partial charge is 0.417 e. The Morgan fingerprint density at radius 3 is 2.00 bits per heavy atom. The lowest BCUT2D eigenvalue weighted by Gasteiger charge is -2.36. The molecule has 0 amide bonds. The monoisotopic (exact) mass is 408 g/mol. The Balaban J connectivity index is 1.99. The van der Waals surface area contributed by atoms with Gasteiger partial charge in [-0.25, -0.2) is 0 Å². The predicted molar refractivity (Wildman–Crippen MR) is 127 cm³/mol. The second kappa shape index (κ2) is 10.7. The normalized spacial score (nSPS) is 15.1. The van der Waals surface area contributed by atoms with Crippen LogP contribution in [0.4, 0.5) is 0 Å². The van der Waals surface area contributed by atoms with Gasteiger partial charge in [-0.1, -0.05) is 106 Å². The van der Waals surface area contributed by atoms with Crippen LogP contribution in [0.2, 0.25) is 18.1 Å². The van der Waals surface area contributed by atoms with Crippen LogP contribution in [0.1, 0.15) is 50.3 Å². The molecule has 0 fully saturated rings. The lowest BCUT2D eigenvalue weighted by Crippen LogP contribution is -2.40. The standard InChI is InChI=1S/C26H36O2Si/c1-26(2,3)29(4,5)28-21-15-7-6-14-20-24(22-16-10-8-11-17-22)25(27)23-18-12-9-13-19-23/h6-14,16-20,24-25,27H,15,21H2,1-5H3/b7-6+,20-14-/t24-,25-/m1/s1. The van der Waals surface area contributed by atoms with Gasteiger partial charge in [-0.3, -0.25) is 0 Å². The van der Waals surface area contributed by atoms with Gasteiger partial charge in [0.25, 0.3) is 0 Å². The van der Waals surface area contributed by atoms with Crippen molar-refractivity contribution in [3.63, 3.8) is 0 Å². The summed E-state index contributed by atoms with van der Waals surface area (Å²) in [5, 5.41) is 11.2. The van der Waals surface area contributed by atoms with Crippen molar-refractivity contribution >= 4 is 8.32 Å². The Bertz CT molecular complexity index is 773. The van der Waals surface area contributed by atoms with Gasteiger partial charge in [-0.05, 0) is 35.7 Å². The van der Waals surface area contributed by atoms with E-state index in [1.165, 1.54) is 0 Å². The lowest BCUT2D eigenvalue weighted by atomic mass is 9.89. The highest BCUT2D eigenvalue weighted by Crippen LogP contribution is 2.36. The van der Waals surface area contributed by atoms with E-state index in [-0.39, 0.29) is 11.0 Å². The molecule has 2 rings (SSSR count). The third-order valence-electron chi connectivity index (χ3n) is 5.78. The van der Waals surface area contributed by atoms with Crippen molar-refractivity contribution in [1.82, 2.24) is 0 Å². The summed E-state index contributed by atoms with van der Waals surface area (Å²) >= 11 is 0. The molecule has 0 spiro atoms. The Hall–Kier alpha value is -1.94. The van der Waals surface area contributed by atoms with E-state index in [4.69, 9.17) is 4.43 Å². The maximum absolute atomic E-state index is 10.9. The van der Waals surface area contributed by atoms with E-state index < -0.39 is 14.4 Å². The number of rotatable bonds is 9. The number of benzene rings is 2. The SMILES string of the molecule is CC(C)(C)[Si](C)(C)OCC/C=C/C=C\[C@H](c1ccccc1)[C@H](O)c1ccccc1. The summed E-state index contributed by atoms with van der Waals surface area (Å²) in [5.74, 6) is -0.0910. The number of aliphatic hydroxyl groups is 1. The minimum atomic E-state index is -1.67. The molecular formula is C26H36O2Si. The molecule has 0 unspecified atom stereocenters. The summed E-state index contributed by atoms with van der Waals surface area (Å²) in [6.45, 7) is 12.1. The van der Waals surface area contributed by atoms with Gasteiger partial charge in [-0.2, -0.15) is 0 Å². The number of allylic oxidation sites excluding steroid dienone is 2. The summed E-state index contributed by atoms with van der Waals surface area (Å²) in [6.07, 6.45) is 8.64. The van der Waals surface area contributed by atoms with E-state index in [0.717, 1.165) is 24.2 Å². The van der Waals surface area contributed by atoms with Gasteiger partial charge in [-0.15, -0.1) is 0 Å². The molecule has 2 atom stereocenters. The molecule has 0 aromatic heterocycles. The first-order valence-corrected chi connectivity index (χ1v) is 13.4. The zero-order valence-electron chi connectivity index (χ0n) is 18.5. The molecule has 2 aromatic carbocycles. The molecule has 2 nitrogen and oxygen atoms in total. The molecule has 3 heteroatoms. The summed E-state index contributed by atoms with van der Waals surface area (Å²) in [5.41, 5.74) is 2.03. The second-order valence-corrected chi connectivity index (χ2v) is 13.8. The summed E-state index contributed by atoms with van der Waals surface area (Å²) < 4.78 is 6.21. The van der Waals surface area contributed by atoms with Crippen LogP contribution in [-0.2, 0) is 4.43 Å². The third kappa shape index (κ3) is 7.11. The molecule has 2 aromatic rings. The maximum atomic E-state index is 10.9. The Labute approximate surface area is 178 Å². The molecule has 29 heavy (non-hydrogen) atoms. The van der Waals surface area contributed by atoms with Gasteiger partial charge in [0.05, 0.1) is 6.10 Å². The molecule has 0 aliphatic rings. The Morgan fingerprint density at radius 1 is 0.897 bits per heavy atom. The van der Waals surface area contributed by atoms with Gasteiger partial charge >= 0.3 is 0 Å². The molecule has 0 saturated carbocycles. The highest BCUT2D eigenvalue weighted by Gasteiger charge is 2.36. The van der Waals surface area contributed by atoms with Crippen molar-refractivity contribution in [2.45, 2.75) is 57.3 Å².